The molecule has 1 aromatic heterocycles. The van der Waals surface area contributed by atoms with Crippen LogP contribution in [0.1, 0.15) is 34.3 Å². The van der Waals surface area contributed by atoms with Gasteiger partial charge in [0.15, 0.2) is 0 Å². The van der Waals surface area contributed by atoms with Crippen LogP contribution < -0.4 is 0 Å². The van der Waals surface area contributed by atoms with Crippen LogP contribution >= 0.6 is 0 Å². The van der Waals surface area contributed by atoms with Crippen molar-refractivity contribution in [3.63, 3.8) is 0 Å². The van der Waals surface area contributed by atoms with Crippen LogP contribution in [0.15, 0.2) is 72.9 Å². The van der Waals surface area contributed by atoms with Gasteiger partial charge in [0.05, 0.1) is 6.04 Å². The van der Waals surface area contributed by atoms with E-state index in [1.807, 2.05) is 30.0 Å². The summed E-state index contributed by atoms with van der Waals surface area (Å²) in [5.74, 6) is -1.50. The number of benzene rings is 3. The number of nitrogens with one attached hydrogen (secondary N) is 1. The first-order valence-electron chi connectivity index (χ1n) is 11.7. The molecule has 1 aliphatic heterocycles. The Morgan fingerprint density at radius 3 is 1.94 bits per heavy atom. The maximum Gasteiger partial charge on any atom is 0.325 e. The van der Waals surface area contributed by atoms with Crippen molar-refractivity contribution in [1.29, 1.82) is 0 Å². The second kappa shape index (κ2) is 9.60. The van der Waals surface area contributed by atoms with Crippen LogP contribution in [0, 0.1) is 18.6 Å². The highest BCUT2D eigenvalue weighted by atomic mass is 19.1. The van der Waals surface area contributed by atoms with Crippen molar-refractivity contribution in [1.82, 2.24) is 14.8 Å². The number of halogens is 2. The van der Waals surface area contributed by atoms with Crippen LogP contribution in [0.25, 0.3) is 10.9 Å². The Kier molecular flexibility index (Phi) is 6.36. The van der Waals surface area contributed by atoms with Crippen LogP contribution in [-0.2, 0) is 4.79 Å². The first kappa shape index (κ1) is 23.2. The molecule has 180 valence electrons. The van der Waals surface area contributed by atoms with E-state index in [-0.39, 0.29) is 17.7 Å². The van der Waals surface area contributed by atoms with Gasteiger partial charge in [0, 0.05) is 48.8 Å². The molecule has 1 fully saturated rings. The third-order valence-corrected chi connectivity index (χ3v) is 6.85. The molecule has 0 unspecified atom stereocenters. The summed E-state index contributed by atoms with van der Waals surface area (Å²) < 4.78 is 27.2. The lowest BCUT2D eigenvalue weighted by Gasteiger charge is -2.41. The number of hydrogen-bond donors (Lipinski definition) is 2. The molecular weight excluding hydrogens is 448 g/mol. The van der Waals surface area contributed by atoms with E-state index < -0.39 is 12.0 Å². The van der Waals surface area contributed by atoms with Gasteiger partial charge < -0.3 is 10.1 Å². The van der Waals surface area contributed by atoms with Crippen molar-refractivity contribution in [3.8, 4) is 0 Å². The number of aromatic amines is 1. The Morgan fingerprint density at radius 2 is 1.40 bits per heavy atom. The minimum absolute atomic E-state index is 0.183. The highest BCUT2D eigenvalue weighted by Crippen LogP contribution is 2.34. The molecule has 0 spiro atoms. The van der Waals surface area contributed by atoms with E-state index in [0.29, 0.717) is 26.2 Å². The van der Waals surface area contributed by atoms with Crippen molar-refractivity contribution in [2.24, 2.45) is 0 Å². The molecule has 1 aliphatic rings. The number of carbonyl (C=O) groups is 1. The van der Waals surface area contributed by atoms with E-state index >= 15 is 0 Å². The van der Waals surface area contributed by atoms with Crippen molar-refractivity contribution in [2.45, 2.75) is 19.0 Å². The van der Waals surface area contributed by atoms with E-state index in [1.54, 1.807) is 30.5 Å². The van der Waals surface area contributed by atoms with E-state index in [1.165, 1.54) is 24.3 Å². The predicted octanol–water partition coefficient (Wildman–Crippen LogP) is 5.29. The number of aromatic nitrogens is 1. The summed E-state index contributed by atoms with van der Waals surface area (Å²) in [7, 11) is 0. The number of nitrogens with zero attached hydrogens (tertiary/aromatic N) is 2. The standard InChI is InChI=1S/C28H27F2N3O2/c1-18-2-11-25-23(16-18)24(17-31-25)27(28(34)35)33-14-12-32(13-15-33)26(19-3-7-21(29)8-4-19)20-5-9-22(30)10-6-20/h2-11,16-17,26-27,31H,12-15H2,1H3,(H,34,35)/t27-/m0/s1. The lowest BCUT2D eigenvalue weighted by Crippen LogP contribution is -2.50. The maximum atomic E-state index is 13.6. The minimum atomic E-state index is -0.880. The first-order chi connectivity index (χ1) is 16.9. The number of H-pyrrole nitrogens is 1. The summed E-state index contributed by atoms with van der Waals surface area (Å²) >= 11 is 0. The zero-order valence-electron chi connectivity index (χ0n) is 19.4. The van der Waals surface area contributed by atoms with Gasteiger partial charge in [-0.1, -0.05) is 35.9 Å². The number of piperazine rings is 1. The largest absolute Gasteiger partial charge is 0.480 e. The van der Waals surface area contributed by atoms with E-state index in [9.17, 15) is 18.7 Å². The third-order valence-electron chi connectivity index (χ3n) is 6.85. The Labute approximate surface area is 202 Å². The number of fused-ring (bicyclic) bond motifs is 1. The molecular formula is C28H27F2N3O2. The van der Waals surface area contributed by atoms with Crippen LogP contribution in [0.5, 0.6) is 0 Å². The molecule has 0 radical (unpaired) electrons. The van der Waals surface area contributed by atoms with Gasteiger partial charge in [-0.15, -0.1) is 0 Å². The Morgan fingerprint density at radius 1 is 0.857 bits per heavy atom. The molecule has 0 aliphatic carbocycles. The van der Waals surface area contributed by atoms with Crippen LogP contribution in [-0.4, -0.2) is 52.0 Å². The molecule has 0 amide bonds. The molecule has 7 heteroatoms. The number of aryl methyl sites for hydroxylation is 1. The fourth-order valence-electron chi connectivity index (χ4n) is 5.13. The van der Waals surface area contributed by atoms with Gasteiger partial charge in [-0.3, -0.25) is 14.6 Å². The molecule has 2 heterocycles. The van der Waals surface area contributed by atoms with Crippen LogP contribution in [0.4, 0.5) is 8.78 Å². The third kappa shape index (κ3) is 4.70. The topological polar surface area (TPSA) is 59.6 Å². The molecule has 5 nitrogen and oxygen atoms in total. The second-order valence-electron chi connectivity index (χ2n) is 9.11. The van der Waals surface area contributed by atoms with Crippen molar-refractivity contribution < 1.29 is 18.7 Å². The van der Waals surface area contributed by atoms with Crippen LogP contribution in [0.2, 0.25) is 0 Å². The fraction of sp³-hybridized carbons (Fsp3) is 0.250. The Bertz CT molecular complexity index is 1280. The van der Waals surface area contributed by atoms with Gasteiger partial charge in [0.1, 0.15) is 17.7 Å². The minimum Gasteiger partial charge on any atom is -0.480 e. The summed E-state index contributed by atoms with van der Waals surface area (Å²) in [6, 6.07) is 17.8. The maximum absolute atomic E-state index is 13.6. The van der Waals surface area contributed by atoms with Gasteiger partial charge in [-0.25, -0.2) is 8.78 Å². The fourth-order valence-corrected chi connectivity index (χ4v) is 5.13. The highest BCUT2D eigenvalue weighted by Gasteiger charge is 2.34. The van der Waals surface area contributed by atoms with Gasteiger partial charge in [0.2, 0.25) is 0 Å². The monoisotopic (exact) mass is 475 g/mol. The molecule has 35 heavy (non-hydrogen) atoms. The lowest BCUT2D eigenvalue weighted by molar-refractivity contribution is -0.144. The smallest absolute Gasteiger partial charge is 0.325 e. The molecule has 2 N–H and O–H groups in total. The van der Waals surface area contributed by atoms with Crippen molar-refractivity contribution >= 4 is 16.9 Å². The molecule has 0 bridgehead atoms. The zero-order valence-corrected chi connectivity index (χ0v) is 19.4. The van der Waals surface area contributed by atoms with Gasteiger partial charge in [-0.2, -0.15) is 0 Å². The molecule has 1 atom stereocenters. The molecule has 4 aromatic rings. The predicted molar refractivity (Wildman–Crippen MR) is 131 cm³/mol. The van der Waals surface area contributed by atoms with E-state index in [4.69, 9.17) is 0 Å². The quantitative estimate of drug-likeness (QED) is 0.398. The average molecular weight is 476 g/mol. The zero-order chi connectivity index (χ0) is 24.5. The molecule has 5 rings (SSSR count). The van der Waals surface area contributed by atoms with E-state index in [0.717, 1.165) is 33.2 Å². The number of carboxylic acid groups (broad SMARTS) is 1. The summed E-state index contributed by atoms with van der Waals surface area (Å²) in [6.45, 7) is 4.33. The number of hydrogen-bond acceptors (Lipinski definition) is 3. The first-order valence-corrected chi connectivity index (χ1v) is 11.7. The summed E-state index contributed by atoms with van der Waals surface area (Å²) in [5.41, 5.74) is 4.58. The van der Waals surface area contributed by atoms with Crippen LogP contribution in [0.3, 0.4) is 0 Å². The number of aliphatic carboxylic acids is 1. The summed E-state index contributed by atoms with van der Waals surface area (Å²) in [4.78, 5) is 19.9. The molecule has 0 saturated carbocycles. The highest BCUT2D eigenvalue weighted by molar-refractivity contribution is 5.89. The van der Waals surface area contributed by atoms with E-state index in [2.05, 4.69) is 9.88 Å². The van der Waals surface area contributed by atoms with Gasteiger partial charge >= 0.3 is 5.97 Å². The van der Waals surface area contributed by atoms with Crippen molar-refractivity contribution in [3.05, 3.63) is 107 Å². The van der Waals surface area contributed by atoms with Gasteiger partial charge in [0.25, 0.3) is 0 Å². The summed E-state index contributed by atoms with van der Waals surface area (Å²) in [5, 5.41) is 11.1. The molecule has 1 saturated heterocycles. The van der Waals surface area contributed by atoms with Crippen molar-refractivity contribution in [2.75, 3.05) is 26.2 Å². The Balaban J connectivity index is 1.41. The van der Waals surface area contributed by atoms with Gasteiger partial charge in [-0.05, 0) is 54.4 Å². The summed E-state index contributed by atoms with van der Waals surface area (Å²) in [6.07, 6.45) is 1.80. The molecule has 3 aromatic carbocycles. The number of rotatable bonds is 6. The normalized spacial score (nSPS) is 16.1. The average Bonchev–Trinajstić information content (AvgIpc) is 3.25. The second-order valence-corrected chi connectivity index (χ2v) is 9.11. The lowest BCUT2D eigenvalue weighted by atomic mass is 9.95. The Hall–Kier alpha value is -3.55. The SMILES string of the molecule is Cc1ccc2[nH]cc([C@@H](C(=O)O)N3CCN(C(c4ccc(F)cc4)c4ccc(F)cc4)CC3)c2c1. The number of carboxylic acids is 1.